The minimum atomic E-state index is -0.885. The van der Waals surface area contributed by atoms with Gasteiger partial charge in [-0.25, -0.2) is 0 Å². The van der Waals surface area contributed by atoms with Gasteiger partial charge >= 0.3 is 5.69 Å². The molecular formula is C31H33Cl2N3O6. The van der Waals surface area contributed by atoms with Gasteiger partial charge in [0.15, 0.2) is 6.61 Å². The van der Waals surface area contributed by atoms with Crippen LogP contribution in [0.4, 0.5) is 5.69 Å². The van der Waals surface area contributed by atoms with Gasteiger partial charge in [-0.05, 0) is 36.6 Å². The molecule has 9 nitrogen and oxygen atoms in total. The number of carbonyl (C=O) groups is 2. The van der Waals surface area contributed by atoms with Crippen LogP contribution in [-0.2, 0) is 22.6 Å². The number of ether oxygens (including phenoxy) is 2. The summed E-state index contributed by atoms with van der Waals surface area (Å²) in [5.41, 5.74) is 1.16. The molecule has 3 aromatic rings. The number of nitrogens with one attached hydrogen (secondary N) is 1. The van der Waals surface area contributed by atoms with E-state index in [1.807, 2.05) is 30.3 Å². The zero-order valence-electron chi connectivity index (χ0n) is 23.3. The van der Waals surface area contributed by atoms with Gasteiger partial charge in [-0.15, -0.1) is 0 Å². The van der Waals surface area contributed by atoms with Crippen LogP contribution in [0.25, 0.3) is 0 Å². The van der Waals surface area contributed by atoms with Crippen LogP contribution < -0.4 is 14.8 Å². The van der Waals surface area contributed by atoms with Gasteiger partial charge in [0.05, 0.1) is 12.0 Å². The summed E-state index contributed by atoms with van der Waals surface area (Å²) in [5.74, 6) is -0.548. The zero-order valence-corrected chi connectivity index (χ0v) is 24.8. The topological polar surface area (TPSA) is 111 Å². The highest BCUT2D eigenvalue weighted by Crippen LogP contribution is 2.31. The van der Waals surface area contributed by atoms with Crippen molar-refractivity contribution in [1.82, 2.24) is 10.2 Å². The Balaban J connectivity index is 1.65. The fourth-order valence-electron chi connectivity index (χ4n) is 5.08. The third kappa shape index (κ3) is 8.14. The molecule has 1 saturated carbocycles. The van der Waals surface area contributed by atoms with Crippen LogP contribution in [0.15, 0.2) is 66.7 Å². The summed E-state index contributed by atoms with van der Waals surface area (Å²) in [6.07, 6.45) is 5.26. The summed E-state index contributed by atoms with van der Waals surface area (Å²) in [4.78, 5) is 39.9. The molecule has 1 atom stereocenters. The second kappa shape index (κ2) is 14.9. The molecule has 1 fully saturated rings. The van der Waals surface area contributed by atoms with Crippen LogP contribution in [0.1, 0.15) is 43.2 Å². The van der Waals surface area contributed by atoms with Crippen LogP contribution in [0.3, 0.4) is 0 Å². The van der Waals surface area contributed by atoms with E-state index >= 15 is 0 Å². The highest BCUT2D eigenvalue weighted by atomic mass is 35.5. The largest absolute Gasteiger partial charge is 0.490 e. The molecule has 11 heteroatoms. The van der Waals surface area contributed by atoms with Crippen molar-refractivity contribution in [3.8, 4) is 11.5 Å². The fourth-order valence-corrected chi connectivity index (χ4v) is 5.60. The molecule has 1 aliphatic carbocycles. The Morgan fingerprint density at radius 2 is 1.71 bits per heavy atom. The van der Waals surface area contributed by atoms with E-state index in [9.17, 15) is 19.7 Å². The van der Waals surface area contributed by atoms with Crippen molar-refractivity contribution in [2.45, 2.75) is 57.2 Å². The van der Waals surface area contributed by atoms with Crippen LogP contribution in [0.2, 0.25) is 10.0 Å². The lowest BCUT2D eigenvalue weighted by Crippen LogP contribution is -2.53. The molecular weight excluding hydrogens is 581 g/mol. The van der Waals surface area contributed by atoms with E-state index in [0.29, 0.717) is 15.6 Å². The maximum Gasteiger partial charge on any atom is 0.311 e. The van der Waals surface area contributed by atoms with Crippen molar-refractivity contribution in [2.75, 3.05) is 13.7 Å². The Labute approximate surface area is 254 Å². The van der Waals surface area contributed by atoms with E-state index < -0.39 is 23.5 Å². The molecule has 0 aliphatic heterocycles. The highest BCUT2D eigenvalue weighted by Gasteiger charge is 2.33. The number of hydrogen-bond donors (Lipinski definition) is 1. The van der Waals surface area contributed by atoms with Crippen molar-refractivity contribution in [2.24, 2.45) is 0 Å². The van der Waals surface area contributed by atoms with Crippen LogP contribution in [-0.4, -0.2) is 47.4 Å². The number of carbonyl (C=O) groups excluding carboxylic acids is 2. The summed E-state index contributed by atoms with van der Waals surface area (Å²) in [6.45, 7) is -0.467. The summed E-state index contributed by atoms with van der Waals surface area (Å²) in [5, 5.41) is 15.2. The van der Waals surface area contributed by atoms with E-state index in [2.05, 4.69) is 5.32 Å². The monoisotopic (exact) mass is 613 g/mol. The predicted octanol–water partition coefficient (Wildman–Crippen LogP) is 6.38. The molecule has 0 saturated heterocycles. The number of amides is 2. The first kappa shape index (κ1) is 31.1. The summed E-state index contributed by atoms with van der Waals surface area (Å²) >= 11 is 13.0. The Morgan fingerprint density at radius 3 is 2.36 bits per heavy atom. The molecule has 4 rings (SSSR count). The van der Waals surface area contributed by atoms with Crippen molar-refractivity contribution >= 4 is 40.7 Å². The molecule has 0 heterocycles. The van der Waals surface area contributed by atoms with E-state index in [0.717, 1.165) is 37.7 Å². The maximum absolute atomic E-state index is 13.9. The number of nitro benzene ring substituents is 1. The molecule has 2 amide bonds. The molecule has 3 aromatic carbocycles. The van der Waals surface area contributed by atoms with Gasteiger partial charge < -0.3 is 19.7 Å². The number of methoxy groups -OCH3 is 1. The third-order valence-corrected chi connectivity index (χ3v) is 8.03. The molecule has 1 aliphatic rings. The number of halogens is 2. The average Bonchev–Trinajstić information content (AvgIpc) is 2.99. The Hall–Kier alpha value is -3.82. The predicted molar refractivity (Wildman–Crippen MR) is 161 cm³/mol. The van der Waals surface area contributed by atoms with Crippen molar-refractivity contribution in [3.63, 3.8) is 0 Å². The molecule has 1 N–H and O–H groups in total. The van der Waals surface area contributed by atoms with Crippen molar-refractivity contribution in [1.29, 1.82) is 0 Å². The lowest BCUT2D eigenvalue weighted by Gasteiger charge is -2.33. The normalized spacial score (nSPS) is 14.1. The molecule has 222 valence electrons. The lowest BCUT2D eigenvalue weighted by atomic mass is 9.94. The van der Waals surface area contributed by atoms with Gasteiger partial charge in [0.25, 0.3) is 5.91 Å². The van der Waals surface area contributed by atoms with E-state index in [1.165, 1.54) is 30.2 Å². The van der Waals surface area contributed by atoms with Crippen LogP contribution in [0, 0.1) is 10.1 Å². The second-order valence-electron chi connectivity index (χ2n) is 10.2. The lowest BCUT2D eigenvalue weighted by molar-refractivity contribution is -0.385. The average molecular weight is 615 g/mol. The minimum Gasteiger partial charge on any atom is -0.490 e. The Bertz CT molecular complexity index is 1380. The summed E-state index contributed by atoms with van der Waals surface area (Å²) in [6, 6.07) is 17.7. The molecule has 1 unspecified atom stereocenters. The van der Waals surface area contributed by atoms with Gasteiger partial charge in [0, 0.05) is 46.7 Å². The van der Waals surface area contributed by atoms with Gasteiger partial charge in [-0.1, -0.05) is 78.9 Å². The first-order valence-corrected chi connectivity index (χ1v) is 14.5. The van der Waals surface area contributed by atoms with Crippen LogP contribution >= 0.6 is 23.2 Å². The van der Waals surface area contributed by atoms with Gasteiger partial charge in [0.2, 0.25) is 11.7 Å². The summed E-state index contributed by atoms with van der Waals surface area (Å²) in [7, 11) is 1.31. The van der Waals surface area contributed by atoms with Crippen molar-refractivity contribution < 1.29 is 24.0 Å². The van der Waals surface area contributed by atoms with E-state index in [4.69, 9.17) is 32.7 Å². The summed E-state index contributed by atoms with van der Waals surface area (Å²) < 4.78 is 10.9. The molecule has 42 heavy (non-hydrogen) atoms. The number of rotatable bonds is 12. The highest BCUT2D eigenvalue weighted by molar-refractivity contribution is 6.36. The quantitative estimate of drug-likeness (QED) is 0.187. The molecule has 0 aromatic heterocycles. The first-order valence-electron chi connectivity index (χ1n) is 13.8. The molecule has 0 radical (unpaired) electrons. The Morgan fingerprint density at radius 1 is 1.02 bits per heavy atom. The van der Waals surface area contributed by atoms with E-state index in [1.54, 1.807) is 18.2 Å². The standard InChI is InChI=1S/C31H33Cl2N3O6/c1-41-29-18-23(15-16-27(29)36(39)40)42-20-30(37)35(19-24-25(32)13-8-14-26(24)33)28(17-21-9-4-2-5-10-21)31(38)34-22-11-6-3-7-12-22/h2,4-5,8-10,13-16,18,22,28H,3,6-7,11-12,17,19-20H2,1H3,(H,34,38). The third-order valence-electron chi connectivity index (χ3n) is 7.32. The maximum atomic E-state index is 13.9. The zero-order chi connectivity index (χ0) is 30.1. The van der Waals surface area contributed by atoms with Crippen molar-refractivity contribution in [3.05, 3.63) is 98.0 Å². The number of hydrogen-bond acceptors (Lipinski definition) is 6. The number of benzene rings is 3. The molecule has 0 bridgehead atoms. The second-order valence-corrected chi connectivity index (χ2v) is 11.0. The minimum absolute atomic E-state index is 0.00142. The smallest absolute Gasteiger partial charge is 0.311 e. The number of nitro groups is 1. The SMILES string of the molecule is COc1cc(OCC(=O)N(Cc2c(Cl)cccc2Cl)C(Cc2ccccc2)C(=O)NC2CCCCC2)ccc1[N+](=O)[O-]. The van der Waals surface area contributed by atoms with Gasteiger partial charge in [-0.2, -0.15) is 0 Å². The van der Waals surface area contributed by atoms with Gasteiger partial charge in [0.1, 0.15) is 11.8 Å². The van der Waals surface area contributed by atoms with E-state index in [-0.39, 0.29) is 42.1 Å². The van der Waals surface area contributed by atoms with Gasteiger partial charge in [-0.3, -0.25) is 19.7 Å². The fraction of sp³-hybridized carbons (Fsp3) is 0.355. The van der Waals surface area contributed by atoms with Crippen LogP contribution in [0.5, 0.6) is 11.5 Å². The number of nitrogens with zero attached hydrogens (tertiary/aromatic N) is 2. The Kier molecular flexibility index (Phi) is 11.0. The first-order chi connectivity index (χ1) is 20.3. The molecule has 0 spiro atoms.